The van der Waals surface area contributed by atoms with E-state index in [1.807, 2.05) is 24.3 Å². The summed E-state index contributed by atoms with van der Waals surface area (Å²) < 4.78 is 5.38. The van der Waals surface area contributed by atoms with E-state index in [2.05, 4.69) is 6.92 Å². The fourth-order valence-electron chi connectivity index (χ4n) is 2.38. The smallest absolute Gasteiger partial charge is 0.339 e. The van der Waals surface area contributed by atoms with Gasteiger partial charge in [0.1, 0.15) is 6.10 Å². The van der Waals surface area contributed by atoms with Crippen LogP contribution < -0.4 is 5.11 Å². The maximum Gasteiger partial charge on any atom is 0.339 e. The van der Waals surface area contributed by atoms with Crippen molar-refractivity contribution < 1.29 is 19.4 Å². The summed E-state index contributed by atoms with van der Waals surface area (Å²) in [6.07, 6.45) is 1.62. The summed E-state index contributed by atoms with van der Waals surface area (Å²) >= 11 is 0. The summed E-state index contributed by atoms with van der Waals surface area (Å²) in [6, 6.07) is 13.8. The number of aryl methyl sites for hydroxylation is 1. The molecular formula is C19H19O4-. The molecule has 0 aliphatic rings. The van der Waals surface area contributed by atoms with Crippen molar-refractivity contribution in [3.05, 3.63) is 70.8 Å². The highest BCUT2D eigenvalue weighted by Gasteiger charge is 2.17. The molecule has 2 aromatic rings. The van der Waals surface area contributed by atoms with Crippen LogP contribution in [0, 0.1) is 0 Å². The van der Waals surface area contributed by atoms with Crippen molar-refractivity contribution in [2.24, 2.45) is 0 Å². The van der Waals surface area contributed by atoms with Gasteiger partial charge in [0.15, 0.2) is 0 Å². The first-order valence-corrected chi connectivity index (χ1v) is 7.63. The van der Waals surface area contributed by atoms with Gasteiger partial charge >= 0.3 is 5.97 Å². The quantitative estimate of drug-likeness (QED) is 0.769. The summed E-state index contributed by atoms with van der Waals surface area (Å²) in [6.45, 7) is 3.88. The van der Waals surface area contributed by atoms with Crippen LogP contribution in [0.15, 0.2) is 48.5 Å². The second kappa shape index (κ2) is 7.58. The number of carboxylic acid groups (broad SMARTS) is 1. The summed E-state index contributed by atoms with van der Waals surface area (Å²) in [4.78, 5) is 23.3. The van der Waals surface area contributed by atoms with E-state index in [0.29, 0.717) is 0 Å². The second-order valence-corrected chi connectivity index (χ2v) is 5.37. The van der Waals surface area contributed by atoms with Crippen LogP contribution in [0.25, 0.3) is 0 Å². The van der Waals surface area contributed by atoms with Crippen molar-refractivity contribution in [1.29, 1.82) is 0 Å². The Morgan fingerprint density at radius 1 is 1.04 bits per heavy atom. The van der Waals surface area contributed by atoms with Crippen LogP contribution in [0.3, 0.4) is 0 Å². The lowest BCUT2D eigenvalue weighted by Gasteiger charge is -2.16. The van der Waals surface area contributed by atoms with Gasteiger partial charge in [0.05, 0.1) is 11.5 Å². The van der Waals surface area contributed by atoms with E-state index in [9.17, 15) is 14.7 Å². The van der Waals surface area contributed by atoms with Crippen LogP contribution in [0.4, 0.5) is 0 Å². The first kappa shape index (κ1) is 16.7. The van der Waals surface area contributed by atoms with Gasteiger partial charge < -0.3 is 14.6 Å². The van der Waals surface area contributed by atoms with Gasteiger partial charge in [-0.2, -0.15) is 0 Å². The Morgan fingerprint density at radius 2 is 1.65 bits per heavy atom. The van der Waals surface area contributed by atoms with Crippen LogP contribution in [0.2, 0.25) is 0 Å². The number of carbonyl (C=O) groups excluding carboxylic acids is 2. The molecule has 120 valence electrons. The van der Waals surface area contributed by atoms with Crippen molar-refractivity contribution in [1.82, 2.24) is 0 Å². The zero-order valence-corrected chi connectivity index (χ0v) is 13.2. The van der Waals surface area contributed by atoms with Crippen molar-refractivity contribution >= 4 is 11.9 Å². The Hall–Kier alpha value is -2.62. The number of ether oxygens (including phenoxy) is 1. The number of rotatable bonds is 6. The molecule has 0 aliphatic carbocycles. The van der Waals surface area contributed by atoms with E-state index in [1.54, 1.807) is 13.0 Å². The van der Waals surface area contributed by atoms with E-state index < -0.39 is 18.0 Å². The third-order valence-electron chi connectivity index (χ3n) is 3.64. The normalized spacial score (nSPS) is 11.7. The number of hydrogen-bond acceptors (Lipinski definition) is 4. The largest absolute Gasteiger partial charge is 0.545 e. The predicted octanol–water partition coefficient (Wildman–Crippen LogP) is 2.92. The zero-order valence-electron chi connectivity index (χ0n) is 13.2. The SMILES string of the molecule is CCCc1ccc([C@@H](C)OC(=O)c2ccccc2C(=O)[O-])cc1. The van der Waals surface area contributed by atoms with E-state index >= 15 is 0 Å². The summed E-state index contributed by atoms with van der Waals surface area (Å²) in [5.74, 6) is -2.07. The van der Waals surface area contributed by atoms with Crippen molar-refractivity contribution in [3.63, 3.8) is 0 Å². The van der Waals surface area contributed by atoms with Crippen LogP contribution in [-0.2, 0) is 11.2 Å². The zero-order chi connectivity index (χ0) is 16.8. The molecule has 0 saturated heterocycles. The minimum atomic E-state index is -1.39. The predicted molar refractivity (Wildman–Crippen MR) is 85.0 cm³/mol. The van der Waals surface area contributed by atoms with E-state index in [4.69, 9.17) is 4.74 Å². The monoisotopic (exact) mass is 311 g/mol. The third-order valence-corrected chi connectivity index (χ3v) is 3.64. The van der Waals surface area contributed by atoms with Gasteiger partial charge in [-0.05, 0) is 30.5 Å². The lowest BCUT2D eigenvalue weighted by Crippen LogP contribution is -2.25. The minimum absolute atomic E-state index is 0.00181. The summed E-state index contributed by atoms with van der Waals surface area (Å²) in [5, 5.41) is 11.1. The van der Waals surface area contributed by atoms with Gasteiger partial charge in [-0.1, -0.05) is 55.8 Å². The maximum absolute atomic E-state index is 12.2. The third kappa shape index (κ3) is 4.19. The molecule has 0 bridgehead atoms. The van der Waals surface area contributed by atoms with Gasteiger partial charge in [-0.3, -0.25) is 0 Å². The molecule has 0 unspecified atom stereocenters. The fraction of sp³-hybridized carbons (Fsp3) is 0.263. The highest BCUT2D eigenvalue weighted by atomic mass is 16.5. The Kier molecular flexibility index (Phi) is 5.52. The first-order chi connectivity index (χ1) is 11.0. The molecule has 4 heteroatoms. The van der Waals surface area contributed by atoms with Crippen molar-refractivity contribution in [2.45, 2.75) is 32.8 Å². The topological polar surface area (TPSA) is 66.4 Å². The molecule has 0 saturated carbocycles. The molecule has 0 spiro atoms. The summed E-state index contributed by atoms with van der Waals surface area (Å²) in [5.41, 5.74) is 1.94. The van der Waals surface area contributed by atoms with Crippen LogP contribution in [0.5, 0.6) is 0 Å². The number of hydrogen-bond donors (Lipinski definition) is 0. The average molecular weight is 311 g/mol. The molecule has 2 aromatic carbocycles. The lowest BCUT2D eigenvalue weighted by molar-refractivity contribution is -0.255. The Bertz CT molecular complexity index is 689. The molecule has 2 rings (SSSR count). The molecular weight excluding hydrogens is 292 g/mol. The van der Waals surface area contributed by atoms with Gasteiger partial charge in [0.2, 0.25) is 0 Å². The maximum atomic E-state index is 12.2. The first-order valence-electron chi connectivity index (χ1n) is 7.63. The molecule has 0 N–H and O–H groups in total. The molecule has 0 fully saturated rings. The number of carbonyl (C=O) groups is 2. The highest BCUT2D eigenvalue weighted by molar-refractivity contribution is 6.01. The molecule has 23 heavy (non-hydrogen) atoms. The van der Waals surface area contributed by atoms with Gasteiger partial charge in [-0.25, -0.2) is 4.79 Å². The van der Waals surface area contributed by atoms with Crippen LogP contribution in [-0.4, -0.2) is 11.9 Å². The van der Waals surface area contributed by atoms with Crippen molar-refractivity contribution in [2.75, 3.05) is 0 Å². The van der Waals surface area contributed by atoms with Crippen LogP contribution >= 0.6 is 0 Å². The second-order valence-electron chi connectivity index (χ2n) is 5.37. The number of carboxylic acids is 1. The number of esters is 1. The van der Waals surface area contributed by atoms with Crippen molar-refractivity contribution in [3.8, 4) is 0 Å². The molecule has 0 amide bonds. The van der Waals surface area contributed by atoms with Gasteiger partial charge in [0.25, 0.3) is 0 Å². The van der Waals surface area contributed by atoms with Crippen LogP contribution in [0.1, 0.15) is 58.2 Å². The Balaban J connectivity index is 2.12. The number of benzene rings is 2. The van der Waals surface area contributed by atoms with E-state index in [1.165, 1.54) is 23.8 Å². The standard InChI is InChI=1S/C19H20O4/c1-3-6-14-9-11-15(12-10-14)13(2)23-19(22)17-8-5-4-7-16(17)18(20)21/h4-5,7-13H,3,6H2,1-2H3,(H,20,21)/p-1/t13-/m1/s1. The molecule has 4 nitrogen and oxygen atoms in total. The lowest BCUT2D eigenvalue weighted by atomic mass is 10.0. The van der Waals surface area contributed by atoms with E-state index in [-0.39, 0.29) is 11.1 Å². The highest BCUT2D eigenvalue weighted by Crippen LogP contribution is 2.20. The van der Waals surface area contributed by atoms with Gasteiger partial charge in [0, 0.05) is 5.56 Å². The molecule has 1 atom stereocenters. The number of aromatic carboxylic acids is 1. The fourth-order valence-corrected chi connectivity index (χ4v) is 2.38. The van der Waals surface area contributed by atoms with E-state index in [0.717, 1.165) is 18.4 Å². The molecule has 0 radical (unpaired) electrons. The minimum Gasteiger partial charge on any atom is -0.545 e. The van der Waals surface area contributed by atoms with Gasteiger partial charge in [-0.15, -0.1) is 0 Å². The Labute approximate surface area is 135 Å². The summed E-state index contributed by atoms with van der Waals surface area (Å²) in [7, 11) is 0. The molecule has 0 aliphatic heterocycles. The molecule has 0 aromatic heterocycles. The molecule has 0 heterocycles. The Morgan fingerprint density at radius 3 is 2.22 bits per heavy atom. The average Bonchev–Trinajstić information content (AvgIpc) is 2.55.